The molecule has 0 aromatic heterocycles. The zero-order chi connectivity index (χ0) is 19.8. The molecule has 0 aromatic rings. The number of carbonyl (C=O) groups excluding carboxylic acids is 1. The average molecular weight is 390 g/mol. The van der Waals surface area contributed by atoms with E-state index < -0.39 is 40.0 Å². The summed E-state index contributed by atoms with van der Waals surface area (Å²) in [6, 6.07) is 0. The molecule has 0 spiro atoms. The van der Waals surface area contributed by atoms with Gasteiger partial charge in [-0.2, -0.15) is 26.3 Å². The van der Waals surface area contributed by atoms with E-state index in [0.29, 0.717) is 12.9 Å². The Balaban J connectivity index is 0. The number of sulfone groups is 1. The highest BCUT2D eigenvalue weighted by Crippen LogP contribution is 2.48. The van der Waals surface area contributed by atoms with E-state index >= 15 is 0 Å². The first-order valence-corrected chi connectivity index (χ1v) is 8.37. The van der Waals surface area contributed by atoms with Gasteiger partial charge in [0.05, 0.1) is 12.4 Å². The Bertz CT molecular complexity index is 494. The predicted octanol–water partition coefficient (Wildman–Crippen LogP) is 3.38. The summed E-state index contributed by atoms with van der Waals surface area (Å²) in [5.41, 5.74) is -5.50. The SMILES string of the molecule is C=CC(=O)OCCC.CS(=O)(=O)CCC(F)(C(F)(F)F)C(F)(F)F. The number of alkyl halides is 7. The summed E-state index contributed by atoms with van der Waals surface area (Å²) in [7, 11) is -4.12. The quantitative estimate of drug-likeness (QED) is 0.396. The van der Waals surface area contributed by atoms with Crippen LogP contribution in [0.3, 0.4) is 0 Å². The number of esters is 1. The summed E-state index contributed by atoms with van der Waals surface area (Å²) in [5.74, 6) is -1.88. The number of halogens is 7. The van der Waals surface area contributed by atoms with Crippen molar-refractivity contribution in [3.05, 3.63) is 12.7 Å². The van der Waals surface area contributed by atoms with Gasteiger partial charge in [0.15, 0.2) is 0 Å². The number of ether oxygens (including phenoxy) is 1. The van der Waals surface area contributed by atoms with Crippen molar-refractivity contribution in [3.8, 4) is 0 Å². The van der Waals surface area contributed by atoms with Crippen LogP contribution in [-0.4, -0.2) is 51.0 Å². The van der Waals surface area contributed by atoms with Crippen LogP contribution in [-0.2, 0) is 19.4 Å². The van der Waals surface area contributed by atoms with Gasteiger partial charge in [0.1, 0.15) is 9.84 Å². The van der Waals surface area contributed by atoms with Crippen molar-refractivity contribution in [2.75, 3.05) is 18.6 Å². The maximum atomic E-state index is 12.8. The Morgan fingerprint density at radius 3 is 1.75 bits per heavy atom. The van der Waals surface area contributed by atoms with Crippen LogP contribution in [0.4, 0.5) is 30.7 Å². The van der Waals surface area contributed by atoms with Crippen LogP contribution in [0, 0.1) is 0 Å². The monoisotopic (exact) mass is 390 g/mol. The zero-order valence-corrected chi connectivity index (χ0v) is 13.6. The predicted molar refractivity (Wildman–Crippen MR) is 71.7 cm³/mol. The maximum absolute atomic E-state index is 12.8. The van der Waals surface area contributed by atoms with Gasteiger partial charge in [-0.25, -0.2) is 17.6 Å². The number of hydrogen-bond acceptors (Lipinski definition) is 4. The van der Waals surface area contributed by atoms with E-state index in [4.69, 9.17) is 0 Å². The van der Waals surface area contributed by atoms with Gasteiger partial charge in [0.25, 0.3) is 5.67 Å². The molecule has 144 valence electrons. The van der Waals surface area contributed by atoms with E-state index in [0.717, 1.165) is 12.5 Å². The van der Waals surface area contributed by atoms with Crippen molar-refractivity contribution in [3.63, 3.8) is 0 Å². The van der Waals surface area contributed by atoms with Crippen molar-refractivity contribution in [2.45, 2.75) is 37.8 Å². The summed E-state index contributed by atoms with van der Waals surface area (Å²) in [4.78, 5) is 10.2. The molecular formula is C12H17F7O4S. The lowest BCUT2D eigenvalue weighted by molar-refractivity contribution is -0.341. The van der Waals surface area contributed by atoms with E-state index in [1.165, 1.54) is 0 Å². The molecule has 0 heterocycles. The van der Waals surface area contributed by atoms with Crippen LogP contribution in [0.25, 0.3) is 0 Å². The van der Waals surface area contributed by atoms with Gasteiger partial charge in [0.2, 0.25) is 0 Å². The average Bonchev–Trinajstić information content (AvgIpc) is 2.39. The number of carbonyl (C=O) groups is 1. The van der Waals surface area contributed by atoms with E-state index in [1.807, 2.05) is 6.92 Å². The lowest BCUT2D eigenvalue weighted by Gasteiger charge is -2.29. The summed E-state index contributed by atoms with van der Waals surface area (Å²) in [5, 5.41) is 0. The molecule has 0 fully saturated rings. The topological polar surface area (TPSA) is 60.4 Å². The second kappa shape index (κ2) is 9.23. The molecule has 0 radical (unpaired) electrons. The van der Waals surface area contributed by atoms with Crippen LogP contribution in [0.2, 0.25) is 0 Å². The molecule has 0 saturated heterocycles. The van der Waals surface area contributed by atoms with Crippen molar-refractivity contribution in [1.29, 1.82) is 0 Å². The van der Waals surface area contributed by atoms with Gasteiger partial charge < -0.3 is 4.74 Å². The summed E-state index contributed by atoms with van der Waals surface area (Å²) in [6.45, 7) is 5.67. The molecule has 0 N–H and O–H groups in total. The lowest BCUT2D eigenvalue weighted by Crippen LogP contribution is -2.54. The van der Waals surface area contributed by atoms with Gasteiger partial charge in [-0.1, -0.05) is 13.5 Å². The van der Waals surface area contributed by atoms with Crippen LogP contribution < -0.4 is 0 Å². The molecule has 0 aromatic carbocycles. The van der Waals surface area contributed by atoms with Crippen LogP contribution in [0.15, 0.2) is 12.7 Å². The molecule has 0 unspecified atom stereocenters. The maximum Gasteiger partial charge on any atom is 0.431 e. The molecule has 0 atom stereocenters. The van der Waals surface area contributed by atoms with E-state index in [9.17, 15) is 43.9 Å². The van der Waals surface area contributed by atoms with Gasteiger partial charge in [0, 0.05) is 18.8 Å². The smallest absolute Gasteiger partial charge is 0.431 e. The van der Waals surface area contributed by atoms with Gasteiger partial charge >= 0.3 is 18.3 Å². The van der Waals surface area contributed by atoms with Crippen molar-refractivity contribution in [2.24, 2.45) is 0 Å². The Morgan fingerprint density at radius 2 is 1.50 bits per heavy atom. The molecular weight excluding hydrogens is 373 g/mol. The Hall–Kier alpha value is -1.33. The molecule has 12 heteroatoms. The highest BCUT2D eigenvalue weighted by molar-refractivity contribution is 7.90. The van der Waals surface area contributed by atoms with Crippen LogP contribution >= 0.6 is 0 Å². The zero-order valence-electron chi connectivity index (χ0n) is 12.8. The van der Waals surface area contributed by atoms with Crippen molar-refractivity contribution in [1.82, 2.24) is 0 Å². The largest absolute Gasteiger partial charge is 0.463 e. The first-order valence-electron chi connectivity index (χ1n) is 6.31. The van der Waals surface area contributed by atoms with Gasteiger partial charge in [-0.3, -0.25) is 0 Å². The van der Waals surface area contributed by atoms with Gasteiger partial charge in [-0.15, -0.1) is 0 Å². The van der Waals surface area contributed by atoms with Crippen LogP contribution in [0.1, 0.15) is 19.8 Å². The first-order chi connectivity index (χ1) is 10.5. The van der Waals surface area contributed by atoms with E-state index in [2.05, 4.69) is 11.3 Å². The number of hydrogen-bond donors (Lipinski definition) is 0. The van der Waals surface area contributed by atoms with Crippen molar-refractivity contribution < 1.29 is 48.7 Å². The molecule has 0 aliphatic rings. The minimum absolute atomic E-state index is 0.341. The third-order valence-corrected chi connectivity index (χ3v) is 3.28. The molecule has 0 saturated carbocycles. The highest BCUT2D eigenvalue weighted by Gasteiger charge is 2.72. The second-order valence-corrected chi connectivity index (χ2v) is 6.81. The molecule has 0 amide bonds. The standard InChI is InChI=1S/C6H7F7O2S.C6H10O2/c1-16(14,15)3-2-4(7,5(8,9)10)6(11,12)13;1-3-5-8-6(7)4-2/h2-3H2,1H3;4H,2-3,5H2,1H3. The Labute approximate surface area is 134 Å². The Morgan fingerprint density at radius 1 is 1.08 bits per heavy atom. The van der Waals surface area contributed by atoms with Crippen LogP contribution in [0.5, 0.6) is 0 Å². The fourth-order valence-corrected chi connectivity index (χ4v) is 1.68. The summed E-state index contributed by atoms with van der Waals surface area (Å²) in [6.07, 6.45) is -12.2. The third-order valence-electron chi connectivity index (χ3n) is 2.33. The first kappa shape index (κ1) is 24.9. The second-order valence-electron chi connectivity index (χ2n) is 4.55. The lowest BCUT2D eigenvalue weighted by atomic mass is 10.0. The summed E-state index contributed by atoms with van der Waals surface area (Å²) >= 11 is 0. The fraction of sp³-hybridized carbons (Fsp3) is 0.750. The number of rotatable bonds is 6. The highest BCUT2D eigenvalue weighted by atomic mass is 32.2. The summed E-state index contributed by atoms with van der Waals surface area (Å²) < 4.78 is 110. The van der Waals surface area contributed by atoms with E-state index in [1.54, 1.807) is 0 Å². The minimum atomic E-state index is -6.20. The molecule has 24 heavy (non-hydrogen) atoms. The van der Waals surface area contributed by atoms with E-state index in [-0.39, 0.29) is 5.97 Å². The minimum Gasteiger partial charge on any atom is -0.463 e. The molecule has 0 rings (SSSR count). The Kier molecular flexibility index (Phi) is 9.58. The normalized spacial score (nSPS) is 12.9. The molecule has 0 aliphatic heterocycles. The molecule has 4 nitrogen and oxygen atoms in total. The van der Waals surface area contributed by atoms with Gasteiger partial charge in [-0.05, 0) is 6.42 Å². The van der Waals surface area contributed by atoms with Crippen molar-refractivity contribution >= 4 is 15.8 Å². The fourth-order valence-electron chi connectivity index (χ4n) is 1.03. The molecule has 0 bridgehead atoms. The third kappa shape index (κ3) is 9.08. The molecule has 0 aliphatic carbocycles.